The number of allylic oxidation sites excluding steroid dienone is 1. The normalized spacial score (nSPS) is 12.8. The summed E-state index contributed by atoms with van der Waals surface area (Å²) in [5.41, 5.74) is 3.84. The van der Waals surface area contributed by atoms with Gasteiger partial charge in [0, 0.05) is 6.54 Å². The summed E-state index contributed by atoms with van der Waals surface area (Å²) >= 11 is 0. The minimum atomic E-state index is -1.28. The van der Waals surface area contributed by atoms with Crippen LogP contribution in [0.15, 0.2) is 30.8 Å². The Balaban J connectivity index is 3.04. The molecule has 0 aliphatic rings. The van der Waals surface area contributed by atoms with Crippen molar-refractivity contribution in [2.75, 3.05) is 0 Å². The predicted octanol–water partition coefficient (Wildman–Crippen LogP) is 5.19. The topological polar surface area (TPSA) is 3.24 Å². The van der Waals surface area contributed by atoms with Crippen molar-refractivity contribution in [2.45, 2.75) is 52.8 Å². The van der Waals surface area contributed by atoms with Crippen molar-refractivity contribution in [3.8, 4) is 0 Å². The highest BCUT2D eigenvalue weighted by atomic mass is 28.4. The molecule has 106 valence electrons. The zero-order valence-corrected chi connectivity index (χ0v) is 15.7. The Hall–Kier alpha value is -0.646. The second-order valence-electron chi connectivity index (χ2n) is 7.41. The predicted molar refractivity (Wildman–Crippen MR) is 93.4 cm³/mol. The van der Waals surface area contributed by atoms with Crippen LogP contribution < -0.4 is 0 Å². The molecule has 0 heterocycles. The molecule has 1 nitrogen and oxygen atoms in total. The van der Waals surface area contributed by atoms with Gasteiger partial charge in [0.15, 0.2) is 0 Å². The van der Waals surface area contributed by atoms with Crippen LogP contribution in [0.3, 0.4) is 0 Å². The second kappa shape index (κ2) is 5.77. The quantitative estimate of drug-likeness (QED) is 0.675. The van der Waals surface area contributed by atoms with Crippen molar-refractivity contribution in [3.05, 3.63) is 42.0 Å². The molecule has 0 fully saturated rings. The second-order valence-corrected chi connectivity index (χ2v) is 17.6. The van der Waals surface area contributed by atoms with E-state index in [2.05, 4.69) is 81.3 Å². The van der Waals surface area contributed by atoms with Gasteiger partial charge in [-0.2, -0.15) is 0 Å². The maximum atomic E-state index is 4.05. The van der Waals surface area contributed by atoms with Crippen molar-refractivity contribution >= 4 is 22.0 Å². The molecular weight excluding hydrogens is 262 g/mol. The molecule has 0 saturated carbocycles. The van der Waals surface area contributed by atoms with E-state index in [9.17, 15) is 0 Å². The van der Waals surface area contributed by atoms with Crippen molar-refractivity contribution in [3.63, 3.8) is 0 Å². The van der Waals surface area contributed by atoms with Crippen molar-refractivity contribution in [2.24, 2.45) is 0 Å². The molecule has 0 unspecified atom stereocenters. The molecule has 3 heteroatoms. The number of nitrogens with zero attached hydrogens (tertiary/aromatic N) is 1. The lowest BCUT2D eigenvalue weighted by Gasteiger charge is -2.43. The van der Waals surface area contributed by atoms with Crippen LogP contribution in [-0.2, 0) is 6.54 Å². The highest BCUT2D eigenvalue weighted by molar-refractivity contribution is 6.89. The van der Waals surface area contributed by atoms with E-state index in [1.54, 1.807) is 0 Å². The van der Waals surface area contributed by atoms with Crippen molar-refractivity contribution in [1.29, 1.82) is 0 Å². The third-order valence-electron chi connectivity index (χ3n) is 3.38. The Bertz CT molecular complexity index is 439. The van der Waals surface area contributed by atoms with Gasteiger partial charge in [-0.1, -0.05) is 75.7 Å². The van der Waals surface area contributed by atoms with Crippen LogP contribution in [0.1, 0.15) is 18.1 Å². The Morgan fingerprint density at radius 2 is 1.58 bits per heavy atom. The highest BCUT2D eigenvalue weighted by Gasteiger charge is 2.34. The summed E-state index contributed by atoms with van der Waals surface area (Å²) < 4.78 is 2.82. The van der Waals surface area contributed by atoms with E-state index in [1.807, 2.05) is 0 Å². The Morgan fingerprint density at radius 3 is 2.00 bits per heavy atom. The lowest BCUT2D eigenvalue weighted by molar-refractivity contribution is 0.611. The van der Waals surface area contributed by atoms with Gasteiger partial charge in [-0.05, 0) is 18.1 Å². The van der Waals surface area contributed by atoms with Crippen LogP contribution in [-0.4, -0.2) is 20.7 Å². The first-order valence-electron chi connectivity index (χ1n) is 7.04. The van der Waals surface area contributed by atoms with E-state index in [0.29, 0.717) is 0 Å². The molecule has 0 bridgehead atoms. The first-order valence-corrected chi connectivity index (χ1v) is 13.9. The summed E-state index contributed by atoms with van der Waals surface area (Å²) in [4.78, 5) is 0. The molecule has 1 aromatic carbocycles. The Morgan fingerprint density at radius 1 is 1.05 bits per heavy atom. The molecule has 0 spiro atoms. The summed E-state index contributed by atoms with van der Waals surface area (Å²) in [6.45, 7) is 21.9. The van der Waals surface area contributed by atoms with Crippen LogP contribution in [0.5, 0.6) is 0 Å². The Kier molecular flexibility index (Phi) is 4.99. The van der Waals surface area contributed by atoms with Gasteiger partial charge in [-0.3, -0.25) is 0 Å². The van der Waals surface area contributed by atoms with E-state index in [-0.39, 0.29) is 0 Å². The highest BCUT2D eigenvalue weighted by Crippen LogP contribution is 2.24. The lowest BCUT2D eigenvalue weighted by Crippen LogP contribution is -2.58. The maximum absolute atomic E-state index is 4.05. The third kappa shape index (κ3) is 4.75. The minimum Gasteiger partial charge on any atom is -0.342 e. The first kappa shape index (κ1) is 16.4. The molecule has 0 atom stereocenters. The van der Waals surface area contributed by atoms with Gasteiger partial charge in [0.25, 0.3) is 0 Å². The van der Waals surface area contributed by atoms with E-state index in [1.165, 1.54) is 11.1 Å². The molecule has 0 aliphatic heterocycles. The van der Waals surface area contributed by atoms with Gasteiger partial charge in [0.05, 0.1) is 0 Å². The molecule has 0 aromatic heterocycles. The summed E-state index contributed by atoms with van der Waals surface area (Å²) in [7, 11) is -2.55. The fraction of sp³-hybridized carbons (Fsp3) is 0.500. The van der Waals surface area contributed by atoms with E-state index in [4.69, 9.17) is 0 Å². The van der Waals surface area contributed by atoms with Crippen LogP contribution in [0, 0.1) is 0 Å². The van der Waals surface area contributed by atoms with Gasteiger partial charge in [0.2, 0.25) is 0 Å². The average molecular weight is 292 g/mol. The molecule has 1 rings (SSSR count). The van der Waals surface area contributed by atoms with Gasteiger partial charge >= 0.3 is 0 Å². The fourth-order valence-electron chi connectivity index (χ4n) is 2.60. The van der Waals surface area contributed by atoms with Gasteiger partial charge < -0.3 is 4.23 Å². The molecule has 1 aromatic rings. The first-order chi connectivity index (χ1) is 8.51. The van der Waals surface area contributed by atoms with Gasteiger partial charge in [-0.25, -0.2) is 0 Å². The smallest absolute Gasteiger partial charge is 0.112 e. The lowest BCUT2D eigenvalue weighted by atomic mass is 10.1. The molecule has 0 aliphatic carbocycles. The van der Waals surface area contributed by atoms with Crippen LogP contribution in [0.2, 0.25) is 39.3 Å². The van der Waals surface area contributed by atoms with Crippen molar-refractivity contribution < 1.29 is 0 Å². The summed E-state index contributed by atoms with van der Waals surface area (Å²) in [5, 5.41) is 0. The Labute approximate surface area is 121 Å². The standard InChI is InChI=1S/C16H29NSi2/c1-14(2)16-11-9-10-15(12-16)13-17(18(3,4)5)19(6,7)8/h9-12H,1,13H2,2-8H3. The van der Waals surface area contributed by atoms with Crippen LogP contribution >= 0.6 is 0 Å². The number of hydrogen-bond donors (Lipinski definition) is 0. The number of benzene rings is 1. The largest absolute Gasteiger partial charge is 0.342 e. The zero-order chi connectivity index (χ0) is 14.8. The summed E-state index contributed by atoms with van der Waals surface area (Å²) in [5.74, 6) is 0. The van der Waals surface area contributed by atoms with Gasteiger partial charge in [-0.15, -0.1) is 0 Å². The molecule has 0 radical (unpaired) electrons. The van der Waals surface area contributed by atoms with Crippen LogP contribution in [0.4, 0.5) is 0 Å². The fourth-order valence-corrected chi connectivity index (χ4v) is 12.0. The molecular formula is C16H29NSi2. The minimum absolute atomic E-state index is 1.09. The van der Waals surface area contributed by atoms with Crippen molar-refractivity contribution in [1.82, 2.24) is 4.23 Å². The molecule has 19 heavy (non-hydrogen) atoms. The van der Waals surface area contributed by atoms with E-state index < -0.39 is 16.5 Å². The molecule has 0 amide bonds. The number of rotatable bonds is 5. The SMILES string of the molecule is C=C(C)c1cccc(CN([Si](C)(C)C)[Si](C)(C)C)c1. The summed E-state index contributed by atoms with van der Waals surface area (Å²) in [6, 6.07) is 8.86. The van der Waals surface area contributed by atoms with Gasteiger partial charge in [0.1, 0.15) is 16.5 Å². The van der Waals surface area contributed by atoms with Crippen LogP contribution in [0.25, 0.3) is 5.57 Å². The monoisotopic (exact) mass is 291 g/mol. The molecule has 0 N–H and O–H groups in total. The molecule has 0 saturated heterocycles. The summed E-state index contributed by atoms with van der Waals surface area (Å²) in [6.07, 6.45) is 0. The van der Waals surface area contributed by atoms with E-state index in [0.717, 1.165) is 12.1 Å². The zero-order valence-electron chi connectivity index (χ0n) is 13.7. The third-order valence-corrected chi connectivity index (χ3v) is 11.0. The average Bonchev–Trinajstić information content (AvgIpc) is 2.23. The maximum Gasteiger partial charge on any atom is 0.112 e. The number of hydrogen-bond acceptors (Lipinski definition) is 1. The van der Waals surface area contributed by atoms with E-state index >= 15 is 0 Å².